The Hall–Kier alpha value is -0.830. The van der Waals surface area contributed by atoms with Crippen LogP contribution in [0.2, 0.25) is 0 Å². The van der Waals surface area contributed by atoms with Gasteiger partial charge < -0.3 is 9.67 Å². The molecule has 0 saturated heterocycles. The van der Waals surface area contributed by atoms with E-state index in [1.807, 2.05) is 13.1 Å². The molecular weight excluding hydrogens is 200 g/mol. The van der Waals surface area contributed by atoms with Gasteiger partial charge in [-0.25, -0.2) is 4.98 Å². The first-order chi connectivity index (χ1) is 7.66. The second-order valence-electron chi connectivity index (χ2n) is 5.02. The van der Waals surface area contributed by atoms with Crippen molar-refractivity contribution in [2.24, 2.45) is 5.92 Å². The van der Waals surface area contributed by atoms with Crippen molar-refractivity contribution in [3.8, 4) is 0 Å². The molecule has 0 spiro atoms. The molecule has 1 aliphatic carbocycles. The van der Waals surface area contributed by atoms with E-state index in [9.17, 15) is 5.11 Å². The van der Waals surface area contributed by atoms with E-state index in [-0.39, 0.29) is 0 Å². The molecule has 16 heavy (non-hydrogen) atoms. The summed E-state index contributed by atoms with van der Waals surface area (Å²) < 4.78 is 2.05. The molecule has 1 saturated carbocycles. The minimum absolute atomic E-state index is 0.369. The van der Waals surface area contributed by atoms with Crippen LogP contribution in [0.3, 0.4) is 0 Å². The quantitative estimate of drug-likeness (QED) is 0.854. The molecule has 1 aromatic heterocycles. The summed E-state index contributed by atoms with van der Waals surface area (Å²) in [7, 11) is 0. The van der Waals surface area contributed by atoms with E-state index >= 15 is 0 Å². The van der Waals surface area contributed by atoms with Crippen molar-refractivity contribution in [2.45, 2.75) is 58.1 Å². The Morgan fingerprint density at radius 2 is 2.12 bits per heavy atom. The van der Waals surface area contributed by atoms with E-state index in [0.29, 0.717) is 5.92 Å². The van der Waals surface area contributed by atoms with Gasteiger partial charge in [0.15, 0.2) is 0 Å². The third-order valence-corrected chi connectivity index (χ3v) is 3.91. The molecule has 1 aromatic rings. The number of aliphatic hydroxyl groups is 1. The van der Waals surface area contributed by atoms with Gasteiger partial charge in [0.1, 0.15) is 11.4 Å². The lowest BCUT2D eigenvalue weighted by Gasteiger charge is -2.35. The van der Waals surface area contributed by atoms with E-state index in [4.69, 9.17) is 0 Å². The Bertz CT molecular complexity index is 337. The average Bonchev–Trinajstić information content (AvgIpc) is 2.79. The van der Waals surface area contributed by atoms with Crippen molar-refractivity contribution >= 4 is 0 Å². The lowest BCUT2D eigenvalue weighted by Crippen LogP contribution is -2.36. The summed E-state index contributed by atoms with van der Waals surface area (Å²) in [6, 6.07) is 0. The predicted molar refractivity (Wildman–Crippen MR) is 64.0 cm³/mol. The first kappa shape index (κ1) is 11.6. The van der Waals surface area contributed by atoms with Gasteiger partial charge in [-0.1, -0.05) is 19.3 Å². The average molecular weight is 222 g/mol. The molecule has 1 aliphatic rings. The Morgan fingerprint density at radius 3 is 2.75 bits per heavy atom. The maximum absolute atomic E-state index is 10.7. The number of hydrogen-bond donors (Lipinski definition) is 1. The van der Waals surface area contributed by atoms with Crippen LogP contribution in [0.25, 0.3) is 0 Å². The third kappa shape index (κ3) is 2.01. The number of aromatic nitrogens is 2. The summed E-state index contributed by atoms with van der Waals surface area (Å²) in [6.07, 6.45) is 9.80. The Balaban J connectivity index is 2.22. The van der Waals surface area contributed by atoms with E-state index in [1.54, 1.807) is 6.20 Å². The van der Waals surface area contributed by atoms with Gasteiger partial charge in [-0.2, -0.15) is 0 Å². The number of rotatable bonds is 3. The van der Waals surface area contributed by atoms with Crippen molar-refractivity contribution in [2.75, 3.05) is 0 Å². The van der Waals surface area contributed by atoms with Crippen LogP contribution in [0, 0.1) is 5.92 Å². The summed E-state index contributed by atoms with van der Waals surface area (Å²) in [4.78, 5) is 4.35. The highest BCUT2D eigenvalue weighted by Crippen LogP contribution is 2.38. The first-order valence-corrected chi connectivity index (χ1v) is 6.40. The first-order valence-electron chi connectivity index (χ1n) is 6.40. The van der Waals surface area contributed by atoms with Gasteiger partial charge in [-0.3, -0.25) is 0 Å². The Morgan fingerprint density at radius 1 is 1.44 bits per heavy atom. The summed E-state index contributed by atoms with van der Waals surface area (Å²) in [6.45, 7) is 4.89. The summed E-state index contributed by atoms with van der Waals surface area (Å²) >= 11 is 0. The van der Waals surface area contributed by atoms with Crippen LogP contribution in [-0.4, -0.2) is 14.7 Å². The zero-order valence-electron chi connectivity index (χ0n) is 10.3. The fourth-order valence-electron chi connectivity index (χ4n) is 2.85. The van der Waals surface area contributed by atoms with Gasteiger partial charge in [0.2, 0.25) is 0 Å². The molecule has 0 aliphatic heterocycles. The van der Waals surface area contributed by atoms with Crippen LogP contribution in [0.1, 0.15) is 51.8 Å². The summed E-state index contributed by atoms with van der Waals surface area (Å²) in [5, 5.41) is 10.7. The highest BCUT2D eigenvalue weighted by atomic mass is 16.3. The van der Waals surface area contributed by atoms with Gasteiger partial charge in [-0.15, -0.1) is 0 Å². The number of nitrogens with zero attached hydrogens (tertiary/aromatic N) is 2. The molecule has 90 valence electrons. The minimum atomic E-state index is -0.764. The molecule has 1 N–H and O–H groups in total. The molecule has 1 heterocycles. The topological polar surface area (TPSA) is 38.0 Å². The maximum atomic E-state index is 10.7. The molecule has 1 fully saturated rings. The van der Waals surface area contributed by atoms with Gasteiger partial charge >= 0.3 is 0 Å². The molecule has 1 unspecified atom stereocenters. The lowest BCUT2D eigenvalue weighted by molar-refractivity contribution is -0.0317. The molecule has 3 nitrogen and oxygen atoms in total. The zero-order valence-corrected chi connectivity index (χ0v) is 10.3. The van der Waals surface area contributed by atoms with Gasteiger partial charge in [0, 0.05) is 18.9 Å². The van der Waals surface area contributed by atoms with Crippen molar-refractivity contribution in [3.05, 3.63) is 18.2 Å². The molecule has 0 bridgehead atoms. The standard InChI is InChI=1S/C13H22N2O/c1-3-15-10-9-14-12(15)13(2,16)11-7-5-4-6-8-11/h9-11,16H,3-8H2,1-2H3. The Labute approximate surface area is 97.5 Å². The summed E-state index contributed by atoms with van der Waals surface area (Å²) in [5.41, 5.74) is -0.764. The zero-order chi connectivity index (χ0) is 11.6. The highest BCUT2D eigenvalue weighted by Gasteiger charge is 2.37. The largest absolute Gasteiger partial charge is 0.382 e. The molecule has 0 amide bonds. The number of imidazole rings is 1. The second-order valence-corrected chi connectivity index (χ2v) is 5.02. The van der Waals surface area contributed by atoms with Crippen LogP contribution in [-0.2, 0) is 12.1 Å². The molecule has 0 radical (unpaired) electrons. The Kier molecular flexibility index (Phi) is 3.33. The van der Waals surface area contributed by atoms with E-state index in [2.05, 4.69) is 16.5 Å². The predicted octanol–water partition coefficient (Wildman–Crippen LogP) is 2.69. The van der Waals surface area contributed by atoms with E-state index < -0.39 is 5.60 Å². The fraction of sp³-hybridized carbons (Fsp3) is 0.769. The van der Waals surface area contributed by atoms with Crippen molar-refractivity contribution in [1.29, 1.82) is 0 Å². The smallest absolute Gasteiger partial charge is 0.140 e. The van der Waals surface area contributed by atoms with Crippen LogP contribution >= 0.6 is 0 Å². The fourth-order valence-corrected chi connectivity index (χ4v) is 2.85. The van der Waals surface area contributed by atoms with Crippen LogP contribution < -0.4 is 0 Å². The third-order valence-electron chi connectivity index (χ3n) is 3.91. The summed E-state index contributed by atoms with van der Waals surface area (Å²) in [5.74, 6) is 1.20. The van der Waals surface area contributed by atoms with Crippen LogP contribution in [0.5, 0.6) is 0 Å². The second kappa shape index (κ2) is 4.58. The molecule has 0 aromatic carbocycles. The van der Waals surface area contributed by atoms with E-state index in [1.165, 1.54) is 19.3 Å². The van der Waals surface area contributed by atoms with Gasteiger partial charge in [0.25, 0.3) is 0 Å². The van der Waals surface area contributed by atoms with Crippen molar-refractivity contribution < 1.29 is 5.11 Å². The minimum Gasteiger partial charge on any atom is -0.382 e. The molecule has 1 atom stereocenters. The van der Waals surface area contributed by atoms with Gasteiger partial charge in [0.05, 0.1) is 0 Å². The van der Waals surface area contributed by atoms with Crippen LogP contribution in [0.15, 0.2) is 12.4 Å². The normalized spacial score (nSPS) is 21.9. The maximum Gasteiger partial charge on any atom is 0.140 e. The van der Waals surface area contributed by atoms with Crippen molar-refractivity contribution in [3.63, 3.8) is 0 Å². The lowest BCUT2D eigenvalue weighted by atomic mass is 9.77. The SMILES string of the molecule is CCn1ccnc1C(C)(O)C1CCCCC1. The number of aryl methyl sites for hydroxylation is 1. The van der Waals surface area contributed by atoms with Crippen LogP contribution in [0.4, 0.5) is 0 Å². The van der Waals surface area contributed by atoms with Gasteiger partial charge in [-0.05, 0) is 32.6 Å². The van der Waals surface area contributed by atoms with Crippen molar-refractivity contribution in [1.82, 2.24) is 9.55 Å². The van der Waals surface area contributed by atoms with E-state index in [0.717, 1.165) is 25.2 Å². The number of hydrogen-bond acceptors (Lipinski definition) is 2. The molecule has 2 rings (SSSR count). The monoisotopic (exact) mass is 222 g/mol. The molecule has 3 heteroatoms. The molecular formula is C13H22N2O. The highest BCUT2D eigenvalue weighted by molar-refractivity contribution is 5.06.